The van der Waals surface area contributed by atoms with E-state index in [1.54, 1.807) is 6.92 Å². The van der Waals surface area contributed by atoms with Crippen molar-refractivity contribution in [3.05, 3.63) is 12.2 Å². The highest BCUT2D eigenvalue weighted by atomic mass is 16.5. The van der Waals surface area contributed by atoms with Gasteiger partial charge in [-0.1, -0.05) is 6.58 Å². The van der Waals surface area contributed by atoms with Crippen molar-refractivity contribution < 1.29 is 14.6 Å². The lowest BCUT2D eigenvalue weighted by Crippen LogP contribution is -2.38. The zero-order chi connectivity index (χ0) is 12.8. The summed E-state index contributed by atoms with van der Waals surface area (Å²) in [6.07, 6.45) is 1.73. The summed E-state index contributed by atoms with van der Waals surface area (Å²) in [4.78, 5) is 13.6. The molecule has 0 aromatic carbocycles. The van der Waals surface area contributed by atoms with Crippen molar-refractivity contribution >= 4 is 5.97 Å². The van der Waals surface area contributed by atoms with Crippen LogP contribution in [-0.4, -0.2) is 48.3 Å². The van der Waals surface area contributed by atoms with Crippen LogP contribution in [0.1, 0.15) is 26.7 Å². The monoisotopic (exact) mass is 241 g/mol. The Morgan fingerprint density at radius 3 is 2.59 bits per heavy atom. The topological polar surface area (TPSA) is 49.8 Å². The lowest BCUT2D eigenvalue weighted by atomic mass is 9.92. The molecule has 1 aliphatic heterocycles. The molecule has 0 aromatic heterocycles. The second-order valence-electron chi connectivity index (χ2n) is 4.68. The number of aliphatic hydroxyl groups excluding tert-OH is 1. The van der Waals surface area contributed by atoms with Gasteiger partial charge in [0.2, 0.25) is 0 Å². The first-order valence-electron chi connectivity index (χ1n) is 6.30. The third-order valence-corrected chi connectivity index (χ3v) is 3.29. The Morgan fingerprint density at radius 2 is 2.12 bits per heavy atom. The fraction of sp³-hybridized carbons (Fsp3) is 0.769. The number of carbonyl (C=O) groups excluding carboxylic acids is 1. The maximum atomic E-state index is 11.4. The number of esters is 1. The van der Waals surface area contributed by atoms with Crippen molar-refractivity contribution in [2.24, 2.45) is 5.92 Å². The summed E-state index contributed by atoms with van der Waals surface area (Å²) in [7, 11) is 0. The van der Waals surface area contributed by atoms with Crippen molar-refractivity contribution in [3.63, 3.8) is 0 Å². The molecule has 0 radical (unpaired) electrons. The normalized spacial score (nSPS) is 19.9. The van der Waals surface area contributed by atoms with Crippen LogP contribution in [0.5, 0.6) is 0 Å². The Balaban J connectivity index is 2.30. The number of carbonyl (C=O) groups is 1. The SMILES string of the molecule is C=C(CN1CCC(C(C)O)CC1)C(=O)OCC. The van der Waals surface area contributed by atoms with E-state index in [9.17, 15) is 9.90 Å². The van der Waals surface area contributed by atoms with Crippen LogP contribution in [0.4, 0.5) is 0 Å². The number of nitrogens with zero attached hydrogens (tertiary/aromatic N) is 1. The zero-order valence-electron chi connectivity index (χ0n) is 10.8. The van der Waals surface area contributed by atoms with Crippen molar-refractivity contribution in [1.29, 1.82) is 0 Å². The van der Waals surface area contributed by atoms with Gasteiger partial charge in [0.25, 0.3) is 0 Å². The Hall–Kier alpha value is -0.870. The molecule has 1 rings (SSSR count). The number of likely N-dealkylation sites (tertiary alicyclic amines) is 1. The fourth-order valence-corrected chi connectivity index (χ4v) is 2.16. The summed E-state index contributed by atoms with van der Waals surface area (Å²) in [5, 5.41) is 9.49. The van der Waals surface area contributed by atoms with Gasteiger partial charge in [0.05, 0.1) is 12.7 Å². The molecular weight excluding hydrogens is 218 g/mol. The van der Waals surface area contributed by atoms with Gasteiger partial charge in [-0.05, 0) is 45.7 Å². The standard InChI is InChI=1S/C13H23NO3/c1-4-17-13(16)10(2)9-14-7-5-12(6-8-14)11(3)15/h11-12,15H,2,4-9H2,1,3H3. The smallest absolute Gasteiger partial charge is 0.334 e. The molecule has 4 heteroatoms. The highest BCUT2D eigenvalue weighted by Crippen LogP contribution is 2.20. The highest BCUT2D eigenvalue weighted by molar-refractivity contribution is 5.88. The second kappa shape index (κ2) is 6.77. The first-order valence-corrected chi connectivity index (χ1v) is 6.30. The summed E-state index contributed by atoms with van der Waals surface area (Å²) in [5.74, 6) is 0.0901. The van der Waals surface area contributed by atoms with Crippen molar-refractivity contribution in [3.8, 4) is 0 Å². The molecule has 1 saturated heterocycles. The van der Waals surface area contributed by atoms with Gasteiger partial charge in [-0.15, -0.1) is 0 Å². The van der Waals surface area contributed by atoms with E-state index in [1.165, 1.54) is 0 Å². The van der Waals surface area contributed by atoms with E-state index in [0.717, 1.165) is 25.9 Å². The van der Waals surface area contributed by atoms with Crippen molar-refractivity contribution in [2.45, 2.75) is 32.8 Å². The lowest BCUT2D eigenvalue weighted by molar-refractivity contribution is -0.138. The van der Waals surface area contributed by atoms with E-state index >= 15 is 0 Å². The van der Waals surface area contributed by atoms with Crippen LogP contribution in [0.3, 0.4) is 0 Å². The summed E-state index contributed by atoms with van der Waals surface area (Å²) >= 11 is 0. The number of aliphatic hydroxyl groups is 1. The number of rotatable bonds is 5. The van der Waals surface area contributed by atoms with Gasteiger partial charge in [-0.3, -0.25) is 4.90 Å². The minimum atomic E-state index is -0.301. The van der Waals surface area contributed by atoms with E-state index in [2.05, 4.69) is 11.5 Å². The highest BCUT2D eigenvalue weighted by Gasteiger charge is 2.23. The maximum Gasteiger partial charge on any atom is 0.334 e. The van der Waals surface area contributed by atoms with Crippen LogP contribution in [0.25, 0.3) is 0 Å². The minimum Gasteiger partial charge on any atom is -0.463 e. The summed E-state index contributed by atoms with van der Waals surface area (Å²) in [6.45, 7) is 10.2. The minimum absolute atomic E-state index is 0.231. The first kappa shape index (κ1) is 14.2. The van der Waals surface area contributed by atoms with Gasteiger partial charge >= 0.3 is 5.97 Å². The summed E-state index contributed by atoms with van der Waals surface area (Å²) in [6, 6.07) is 0. The molecule has 98 valence electrons. The van der Waals surface area contributed by atoms with Crippen LogP contribution in [0.15, 0.2) is 12.2 Å². The molecule has 17 heavy (non-hydrogen) atoms. The Labute approximate surface area is 103 Å². The average molecular weight is 241 g/mol. The Kier molecular flexibility index (Phi) is 5.65. The molecule has 1 atom stereocenters. The van der Waals surface area contributed by atoms with E-state index in [0.29, 0.717) is 24.6 Å². The van der Waals surface area contributed by atoms with Gasteiger partial charge in [0, 0.05) is 12.1 Å². The van der Waals surface area contributed by atoms with Gasteiger partial charge < -0.3 is 9.84 Å². The molecule has 0 aromatic rings. The summed E-state index contributed by atoms with van der Waals surface area (Å²) in [5.41, 5.74) is 0.516. The maximum absolute atomic E-state index is 11.4. The molecule has 0 spiro atoms. The fourth-order valence-electron chi connectivity index (χ4n) is 2.16. The molecule has 0 saturated carbocycles. The van der Waals surface area contributed by atoms with E-state index in [1.807, 2.05) is 6.92 Å². The third-order valence-electron chi connectivity index (χ3n) is 3.29. The predicted octanol–water partition coefficient (Wildman–Crippen LogP) is 1.20. The van der Waals surface area contributed by atoms with Crippen LogP contribution in [0.2, 0.25) is 0 Å². The van der Waals surface area contributed by atoms with Gasteiger partial charge in [-0.25, -0.2) is 4.79 Å². The second-order valence-corrected chi connectivity index (χ2v) is 4.68. The van der Waals surface area contributed by atoms with Crippen LogP contribution in [-0.2, 0) is 9.53 Å². The van der Waals surface area contributed by atoms with Crippen molar-refractivity contribution in [2.75, 3.05) is 26.2 Å². The molecule has 0 aliphatic carbocycles. The molecule has 4 nitrogen and oxygen atoms in total. The number of piperidine rings is 1. The van der Waals surface area contributed by atoms with E-state index in [4.69, 9.17) is 4.74 Å². The van der Waals surface area contributed by atoms with E-state index in [-0.39, 0.29) is 12.1 Å². The van der Waals surface area contributed by atoms with Gasteiger partial charge in [0.15, 0.2) is 0 Å². The number of hydrogen-bond acceptors (Lipinski definition) is 4. The molecule has 1 fully saturated rings. The molecule has 1 unspecified atom stereocenters. The quantitative estimate of drug-likeness (QED) is 0.580. The lowest BCUT2D eigenvalue weighted by Gasteiger charge is -2.33. The average Bonchev–Trinajstić information content (AvgIpc) is 2.30. The number of hydrogen-bond donors (Lipinski definition) is 1. The van der Waals surface area contributed by atoms with Crippen LogP contribution < -0.4 is 0 Å². The van der Waals surface area contributed by atoms with Crippen molar-refractivity contribution in [1.82, 2.24) is 4.90 Å². The van der Waals surface area contributed by atoms with E-state index < -0.39 is 0 Å². The predicted molar refractivity (Wildman–Crippen MR) is 66.6 cm³/mol. The van der Waals surface area contributed by atoms with Crippen LogP contribution >= 0.6 is 0 Å². The molecule has 1 aliphatic rings. The van der Waals surface area contributed by atoms with Crippen LogP contribution in [0, 0.1) is 5.92 Å². The molecule has 0 amide bonds. The van der Waals surface area contributed by atoms with Gasteiger partial charge in [-0.2, -0.15) is 0 Å². The molecule has 1 heterocycles. The zero-order valence-corrected chi connectivity index (χ0v) is 10.8. The van der Waals surface area contributed by atoms with Gasteiger partial charge in [0.1, 0.15) is 0 Å². The largest absolute Gasteiger partial charge is 0.463 e. The number of ether oxygens (including phenoxy) is 1. The Bertz CT molecular complexity index is 268. The molecule has 1 N–H and O–H groups in total. The summed E-state index contributed by atoms with van der Waals surface area (Å²) < 4.78 is 4.90. The molecular formula is C13H23NO3. The molecule has 0 bridgehead atoms. The first-order chi connectivity index (χ1) is 8.04. The Morgan fingerprint density at radius 1 is 1.53 bits per heavy atom. The third kappa shape index (κ3) is 4.48.